The molecule has 1 atom stereocenters. The number of hydrogen-bond donors (Lipinski definition) is 3. The van der Waals surface area contributed by atoms with Crippen LogP contribution in [0.3, 0.4) is 0 Å². The zero-order valence-corrected chi connectivity index (χ0v) is 13.7. The first-order valence-electron chi connectivity index (χ1n) is 8.20. The Kier molecular flexibility index (Phi) is 6.40. The molecule has 1 unspecified atom stereocenters. The molecule has 0 spiro atoms. The van der Waals surface area contributed by atoms with Crippen molar-refractivity contribution in [2.75, 3.05) is 31.5 Å². The molecule has 0 aromatic heterocycles. The smallest absolute Gasteiger partial charge is 0.321 e. The summed E-state index contributed by atoms with van der Waals surface area (Å²) >= 11 is 0. The fraction of sp³-hybridized carbons (Fsp3) is 0.529. The minimum Gasteiger partial charge on any atom is -0.356 e. The number of carbonyl (C=O) groups excluding carboxylic acids is 2. The molecule has 1 aliphatic rings. The van der Waals surface area contributed by atoms with E-state index in [1.807, 2.05) is 31.2 Å². The summed E-state index contributed by atoms with van der Waals surface area (Å²) in [7, 11) is 0. The maximum atomic E-state index is 12.4. The molecule has 0 radical (unpaired) electrons. The SMILES string of the molecule is Cc1cccc(NC(=O)N2CCCC(C(=O)NCCCN)C2)c1. The van der Waals surface area contributed by atoms with Crippen LogP contribution < -0.4 is 16.4 Å². The van der Waals surface area contributed by atoms with Crippen molar-refractivity contribution in [2.45, 2.75) is 26.2 Å². The summed E-state index contributed by atoms with van der Waals surface area (Å²) in [6.07, 6.45) is 2.44. The first-order valence-corrected chi connectivity index (χ1v) is 8.20. The van der Waals surface area contributed by atoms with Crippen molar-refractivity contribution in [3.63, 3.8) is 0 Å². The van der Waals surface area contributed by atoms with E-state index in [1.165, 1.54) is 0 Å². The summed E-state index contributed by atoms with van der Waals surface area (Å²) in [6, 6.07) is 7.55. The van der Waals surface area contributed by atoms with Gasteiger partial charge in [0.25, 0.3) is 0 Å². The molecule has 1 aromatic rings. The van der Waals surface area contributed by atoms with Crippen LogP contribution in [0.5, 0.6) is 0 Å². The van der Waals surface area contributed by atoms with E-state index in [4.69, 9.17) is 5.73 Å². The number of aryl methyl sites for hydroxylation is 1. The zero-order valence-electron chi connectivity index (χ0n) is 13.7. The van der Waals surface area contributed by atoms with Crippen molar-refractivity contribution in [3.8, 4) is 0 Å². The summed E-state index contributed by atoms with van der Waals surface area (Å²) in [5, 5.41) is 5.80. The van der Waals surface area contributed by atoms with Crippen LogP contribution in [0.1, 0.15) is 24.8 Å². The fourth-order valence-electron chi connectivity index (χ4n) is 2.76. The Bertz CT molecular complexity index is 547. The highest BCUT2D eigenvalue weighted by atomic mass is 16.2. The molecular weight excluding hydrogens is 292 g/mol. The van der Waals surface area contributed by atoms with Gasteiger partial charge in [0.2, 0.25) is 5.91 Å². The zero-order chi connectivity index (χ0) is 16.7. The van der Waals surface area contributed by atoms with Gasteiger partial charge >= 0.3 is 6.03 Å². The van der Waals surface area contributed by atoms with Crippen LogP contribution in [0.2, 0.25) is 0 Å². The number of anilines is 1. The molecule has 126 valence electrons. The van der Waals surface area contributed by atoms with Gasteiger partial charge in [-0.05, 0) is 50.4 Å². The number of hydrogen-bond acceptors (Lipinski definition) is 3. The number of rotatable bonds is 5. The van der Waals surface area contributed by atoms with Gasteiger partial charge in [-0.1, -0.05) is 12.1 Å². The predicted octanol–water partition coefficient (Wildman–Crippen LogP) is 1.70. The Balaban J connectivity index is 1.87. The van der Waals surface area contributed by atoms with E-state index in [0.29, 0.717) is 26.2 Å². The lowest BCUT2D eigenvalue weighted by Crippen LogP contribution is -2.47. The molecule has 1 fully saturated rings. The second-order valence-corrected chi connectivity index (χ2v) is 6.02. The van der Waals surface area contributed by atoms with Crippen molar-refractivity contribution in [3.05, 3.63) is 29.8 Å². The third kappa shape index (κ3) is 5.25. The number of nitrogens with two attached hydrogens (primary N) is 1. The standard InChI is InChI=1S/C17H26N4O2/c1-13-5-2-7-15(11-13)20-17(23)21-10-3-6-14(12-21)16(22)19-9-4-8-18/h2,5,7,11,14H,3-4,6,8-10,12,18H2,1H3,(H,19,22)(H,20,23). The average Bonchev–Trinajstić information content (AvgIpc) is 2.55. The molecule has 23 heavy (non-hydrogen) atoms. The molecule has 4 N–H and O–H groups in total. The summed E-state index contributed by atoms with van der Waals surface area (Å²) in [6.45, 7) is 4.30. The highest BCUT2D eigenvalue weighted by Crippen LogP contribution is 2.18. The van der Waals surface area contributed by atoms with Crippen molar-refractivity contribution >= 4 is 17.6 Å². The highest BCUT2D eigenvalue weighted by molar-refractivity contribution is 5.90. The van der Waals surface area contributed by atoms with Gasteiger partial charge in [-0.15, -0.1) is 0 Å². The van der Waals surface area contributed by atoms with Gasteiger partial charge in [-0.3, -0.25) is 4.79 Å². The van der Waals surface area contributed by atoms with E-state index in [0.717, 1.165) is 30.5 Å². The molecule has 1 aromatic carbocycles. The maximum Gasteiger partial charge on any atom is 0.321 e. The number of nitrogens with zero attached hydrogens (tertiary/aromatic N) is 1. The molecule has 0 saturated carbocycles. The van der Waals surface area contributed by atoms with E-state index < -0.39 is 0 Å². The number of benzene rings is 1. The number of urea groups is 1. The monoisotopic (exact) mass is 318 g/mol. The predicted molar refractivity (Wildman–Crippen MR) is 91.2 cm³/mol. The van der Waals surface area contributed by atoms with Gasteiger partial charge in [0, 0.05) is 25.3 Å². The van der Waals surface area contributed by atoms with Crippen molar-refractivity contribution in [1.29, 1.82) is 0 Å². The van der Waals surface area contributed by atoms with E-state index in [9.17, 15) is 9.59 Å². The summed E-state index contributed by atoms with van der Waals surface area (Å²) in [4.78, 5) is 26.2. The Labute approximate surface area is 137 Å². The van der Waals surface area contributed by atoms with Crippen LogP contribution in [0.15, 0.2) is 24.3 Å². The number of carbonyl (C=O) groups is 2. The van der Waals surface area contributed by atoms with E-state index >= 15 is 0 Å². The van der Waals surface area contributed by atoms with Crippen LogP contribution in [0, 0.1) is 12.8 Å². The van der Waals surface area contributed by atoms with Gasteiger partial charge in [0.05, 0.1) is 5.92 Å². The maximum absolute atomic E-state index is 12.4. The largest absolute Gasteiger partial charge is 0.356 e. The Morgan fingerprint density at radius 2 is 2.22 bits per heavy atom. The molecule has 1 aliphatic heterocycles. The van der Waals surface area contributed by atoms with E-state index in [1.54, 1.807) is 4.90 Å². The normalized spacial score (nSPS) is 17.7. The number of piperidine rings is 1. The van der Waals surface area contributed by atoms with Gasteiger partial charge in [0.15, 0.2) is 0 Å². The summed E-state index contributed by atoms with van der Waals surface area (Å²) < 4.78 is 0. The van der Waals surface area contributed by atoms with Crippen LogP contribution in [0.4, 0.5) is 10.5 Å². The quantitative estimate of drug-likeness (QED) is 0.722. The first-order chi connectivity index (χ1) is 11.1. The second-order valence-electron chi connectivity index (χ2n) is 6.02. The molecule has 1 heterocycles. The lowest BCUT2D eigenvalue weighted by molar-refractivity contribution is -0.126. The molecule has 6 heteroatoms. The summed E-state index contributed by atoms with van der Waals surface area (Å²) in [5.41, 5.74) is 7.30. The number of likely N-dealkylation sites (tertiary alicyclic amines) is 1. The lowest BCUT2D eigenvalue weighted by atomic mass is 9.97. The lowest BCUT2D eigenvalue weighted by Gasteiger charge is -2.32. The summed E-state index contributed by atoms with van der Waals surface area (Å²) in [5.74, 6) is -0.115. The minimum absolute atomic E-state index is 0.0199. The average molecular weight is 318 g/mol. The van der Waals surface area contributed by atoms with Crippen molar-refractivity contribution in [1.82, 2.24) is 10.2 Å². The molecule has 6 nitrogen and oxygen atoms in total. The van der Waals surface area contributed by atoms with E-state index in [2.05, 4.69) is 10.6 Å². The van der Waals surface area contributed by atoms with Crippen LogP contribution in [0.25, 0.3) is 0 Å². The third-order valence-corrected chi connectivity index (χ3v) is 4.03. The van der Waals surface area contributed by atoms with E-state index in [-0.39, 0.29) is 17.9 Å². The molecular formula is C17H26N4O2. The molecule has 2 rings (SSSR count). The van der Waals surface area contributed by atoms with Crippen LogP contribution in [-0.2, 0) is 4.79 Å². The van der Waals surface area contributed by atoms with Crippen LogP contribution in [-0.4, -0.2) is 43.0 Å². The second kappa shape index (κ2) is 8.53. The van der Waals surface area contributed by atoms with Gasteiger partial charge in [-0.25, -0.2) is 4.79 Å². The Morgan fingerprint density at radius 3 is 2.96 bits per heavy atom. The molecule has 0 bridgehead atoms. The number of nitrogens with one attached hydrogen (secondary N) is 2. The molecule has 1 saturated heterocycles. The van der Waals surface area contributed by atoms with Gasteiger partial charge in [0.1, 0.15) is 0 Å². The van der Waals surface area contributed by atoms with Crippen LogP contribution >= 0.6 is 0 Å². The molecule has 0 aliphatic carbocycles. The molecule has 3 amide bonds. The van der Waals surface area contributed by atoms with Crippen molar-refractivity contribution in [2.24, 2.45) is 11.7 Å². The Morgan fingerprint density at radius 1 is 1.39 bits per heavy atom. The first kappa shape index (κ1) is 17.3. The fourth-order valence-corrected chi connectivity index (χ4v) is 2.76. The van der Waals surface area contributed by atoms with Crippen molar-refractivity contribution < 1.29 is 9.59 Å². The van der Waals surface area contributed by atoms with Gasteiger partial charge in [-0.2, -0.15) is 0 Å². The minimum atomic E-state index is -0.143. The Hall–Kier alpha value is -2.08. The topological polar surface area (TPSA) is 87.5 Å². The number of amides is 3. The third-order valence-electron chi connectivity index (χ3n) is 4.03. The highest BCUT2D eigenvalue weighted by Gasteiger charge is 2.28. The van der Waals surface area contributed by atoms with Gasteiger partial charge < -0.3 is 21.3 Å².